The van der Waals surface area contributed by atoms with Gasteiger partial charge in [-0.05, 0) is 54.3 Å². The fraction of sp³-hybridized carbons (Fsp3) is 0.421. The molecule has 1 aliphatic carbocycles. The number of hydrogen-bond donors (Lipinski definition) is 1. The van der Waals surface area contributed by atoms with Crippen molar-refractivity contribution in [2.75, 3.05) is 7.05 Å². The zero-order chi connectivity index (χ0) is 17.2. The van der Waals surface area contributed by atoms with Gasteiger partial charge in [0.25, 0.3) is 5.24 Å². The van der Waals surface area contributed by atoms with Crippen molar-refractivity contribution < 1.29 is 4.79 Å². The summed E-state index contributed by atoms with van der Waals surface area (Å²) in [5.41, 5.74) is 2.25. The van der Waals surface area contributed by atoms with E-state index in [1.807, 2.05) is 12.3 Å². The van der Waals surface area contributed by atoms with E-state index in [1.165, 1.54) is 49.4 Å². The molecule has 6 heteroatoms. The zero-order valence-electron chi connectivity index (χ0n) is 14.4. The van der Waals surface area contributed by atoms with Gasteiger partial charge in [-0.1, -0.05) is 25.3 Å². The van der Waals surface area contributed by atoms with E-state index in [2.05, 4.69) is 38.3 Å². The molecule has 0 spiro atoms. The predicted octanol–water partition coefficient (Wildman–Crippen LogP) is 4.44. The molecule has 1 aromatic heterocycles. The molecule has 2 heterocycles. The summed E-state index contributed by atoms with van der Waals surface area (Å²) in [5.74, 6) is 1.40. The van der Waals surface area contributed by atoms with Crippen LogP contribution in [-0.4, -0.2) is 27.9 Å². The fourth-order valence-electron chi connectivity index (χ4n) is 3.70. The van der Waals surface area contributed by atoms with Gasteiger partial charge in [-0.25, -0.2) is 0 Å². The summed E-state index contributed by atoms with van der Waals surface area (Å²) in [4.78, 5) is 16.5. The van der Waals surface area contributed by atoms with Crippen LogP contribution in [0.1, 0.15) is 37.7 Å². The lowest BCUT2D eigenvalue weighted by Gasteiger charge is -2.21. The molecule has 2 fully saturated rings. The van der Waals surface area contributed by atoms with Gasteiger partial charge in [0, 0.05) is 19.0 Å². The van der Waals surface area contributed by atoms with Crippen LogP contribution in [0.25, 0.3) is 17.0 Å². The highest BCUT2D eigenvalue weighted by atomic mass is 32.2. The molecule has 4 rings (SSSR count). The number of rotatable bonds is 3. The lowest BCUT2D eigenvalue weighted by Crippen LogP contribution is -2.18. The quantitative estimate of drug-likeness (QED) is 0.886. The van der Waals surface area contributed by atoms with E-state index in [0.29, 0.717) is 5.84 Å². The molecule has 0 bridgehead atoms. The van der Waals surface area contributed by atoms with Crippen LogP contribution in [0.2, 0.25) is 0 Å². The Bertz CT molecular complexity index is 861. The number of nitrogens with zero attached hydrogens (tertiary/aromatic N) is 3. The van der Waals surface area contributed by atoms with Gasteiger partial charge in [0.15, 0.2) is 0 Å². The van der Waals surface area contributed by atoms with E-state index in [0.717, 1.165) is 28.3 Å². The zero-order valence-corrected chi connectivity index (χ0v) is 15.2. The summed E-state index contributed by atoms with van der Waals surface area (Å²) in [6, 6.07) is 6.35. The first kappa shape index (κ1) is 16.4. The van der Waals surface area contributed by atoms with Crippen LogP contribution in [-0.2, 0) is 6.54 Å². The van der Waals surface area contributed by atoms with Crippen LogP contribution < -0.4 is 5.32 Å². The Morgan fingerprint density at radius 3 is 3.00 bits per heavy atom. The number of benzene rings is 1. The maximum absolute atomic E-state index is 11.5. The smallest absolute Gasteiger partial charge is 0.289 e. The Kier molecular flexibility index (Phi) is 4.61. The first-order valence-electron chi connectivity index (χ1n) is 8.86. The third-order valence-electron chi connectivity index (χ3n) is 5.00. The number of carbonyl (C=O) groups is 1. The van der Waals surface area contributed by atoms with E-state index in [-0.39, 0.29) is 5.24 Å². The van der Waals surface area contributed by atoms with Crippen LogP contribution in [0.5, 0.6) is 0 Å². The van der Waals surface area contributed by atoms with Crippen molar-refractivity contribution in [3.63, 3.8) is 0 Å². The van der Waals surface area contributed by atoms with E-state index in [1.54, 1.807) is 7.05 Å². The minimum Gasteiger partial charge on any atom is -0.300 e. The third kappa shape index (κ3) is 3.49. The van der Waals surface area contributed by atoms with Gasteiger partial charge in [0.05, 0.1) is 16.6 Å². The standard InChI is InChI=1S/C19H22N4OS/c1-20-18-17(25-19(24)22-18)10-14-7-8-16-15(9-14)11-21-23(16)12-13-5-3-2-4-6-13/h7-11,13H,2-6,12H2,1H3,(H,20,22,24)/b17-10-. The van der Waals surface area contributed by atoms with Crippen molar-refractivity contribution >= 4 is 39.8 Å². The summed E-state index contributed by atoms with van der Waals surface area (Å²) < 4.78 is 2.15. The molecular formula is C19H22N4OS. The highest BCUT2D eigenvalue weighted by Gasteiger charge is 2.22. The highest BCUT2D eigenvalue weighted by molar-refractivity contribution is 8.18. The normalized spacial score (nSPS) is 22.2. The van der Waals surface area contributed by atoms with Gasteiger partial charge in [-0.2, -0.15) is 5.10 Å². The fourth-order valence-corrected chi connectivity index (χ4v) is 4.48. The highest BCUT2D eigenvalue weighted by Crippen LogP contribution is 2.29. The van der Waals surface area contributed by atoms with Gasteiger partial charge in [0.2, 0.25) is 0 Å². The Balaban J connectivity index is 1.58. The van der Waals surface area contributed by atoms with Crippen molar-refractivity contribution in [1.29, 1.82) is 0 Å². The molecule has 2 aliphatic rings. The molecule has 1 amide bonds. The number of aromatic nitrogens is 2. The van der Waals surface area contributed by atoms with Crippen molar-refractivity contribution in [2.24, 2.45) is 10.9 Å². The minimum atomic E-state index is -0.0757. The molecule has 1 N–H and O–H groups in total. The third-order valence-corrected chi connectivity index (χ3v) is 5.82. The molecule has 5 nitrogen and oxygen atoms in total. The molecule has 0 radical (unpaired) electrons. The Morgan fingerprint density at radius 2 is 2.20 bits per heavy atom. The summed E-state index contributed by atoms with van der Waals surface area (Å²) in [6.45, 7) is 1.02. The van der Waals surface area contributed by atoms with Crippen LogP contribution in [0.15, 0.2) is 34.3 Å². The summed E-state index contributed by atoms with van der Waals surface area (Å²) in [7, 11) is 1.69. The van der Waals surface area contributed by atoms with Crippen molar-refractivity contribution in [1.82, 2.24) is 15.1 Å². The van der Waals surface area contributed by atoms with E-state index < -0.39 is 0 Å². The second kappa shape index (κ2) is 7.04. The Morgan fingerprint density at radius 1 is 1.36 bits per heavy atom. The van der Waals surface area contributed by atoms with Crippen molar-refractivity contribution in [2.45, 2.75) is 38.6 Å². The Hall–Kier alpha value is -2.08. The summed E-state index contributed by atoms with van der Waals surface area (Å²) in [6.07, 6.45) is 10.7. The molecule has 1 aromatic carbocycles. The second-order valence-corrected chi connectivity index (χ2v) is 7.76. The number of amidine groups is 1. The van der Waals surface area contributed by atoms with Crippen LogP contribution in [0, 0.1) is 5.92 Å². The summed E-state index contributed by atoms with van der Waals surface area (Å²) >= 11 is 1.19. The van der Waals surface area contributed by atoms with Gasteiger partial charge >= 0.3 is 0 Å². The average molecular weight is 354 g/mol. The first-order valence-corrected chi connectivity index (χ1v) is 9.68. The molecule has 1 saturated carbocycles. The first-order chi connectivity index (χ1) is 12.2. The van der Waals surface area contributed by atoms with Crippen LogP contribution in [0.3, 0.4) is 0 Å². The molecular weight excluding hydrogens is 332 g/mol. The topological polar surface area (TPSA) is 59.3 Å². The monoisotopic (exact) mass is 354 g/mol. The van der Waals surface area contributed by atoms with E-state index in [9.17, 15) is 4.79 Å². The van der Waals surface area contributed by atoms with Crippen LogP contribution in [0.4, 0.5) is 4.79 Å². The van der Waals surface area contributed by atoms with Gasteiger partial charge in [0.1, 0.15) is 5.84 Å². The molecule has 2 aromatic rings. The number of fused-ring (bicyclic) bond motifs is 1. The maximum Gasteiger partial charge on any atom is 0.289 e. The molecule has 0 atom stereocenters. The van der Waals surface area contributed by atoms with Gasteiger partial charge in [-0.3, -0.25) is 14.5 Å². The van der Waals surface area contributed by atoms with Crippen molar-refractivity contribution in [3.05, 3.63) is 34.9 Å². The SMILES string of the molecule is CN=C1NC(=O)S/C1=C\c1ccc2c(cnn2CC2CCCCC2)c1. The van der Waals surface area contributed by atoms with Gasteiger partial charge < -0.3 is 5.32 Å². The van der Waals surface area contributed by atoms with Crippen LogP contribution >= 0.6 is 11.8 Å². The number of carbonyl (C=O) groups excluding carboxylic acids is 1. The minimum absolute atomic E-state index is 0.0757. The largest absolute Gasteiger partial charge is 0.300 e. The lowest BCUT2D eigenvalue weighted by molar-refractivity contribution is 0.265. The molecule has 1 aliphatic heterocycles. The molecule has 25 heavy (non-hydrogen) atoms. The Labute approximate surface area is 151 Å². The number of nitrogens with one attached hydrogen (secondary N) is 1. The predicted molar refractivity (Wildman–Crippen MR) is 104 cm³/mol. The van der Waals surface area contributed by atoms with Crippen molar-refractivity contribution in [3.8, 4) is 0 Å². The second-order valence-electron chi connectivity index (χ2n) is 6.74. The van der Waals surface area contributed by atoms with E-state index >= 15 is 0 Å². The van der Waals surface area contributed by atoms with Gasteiger partial charge in [-0.15, -0.1) is 0 Å². The number of hydrogen-bond acceptors (Lipinski definition) is 4. The number of thioether (sulfide) groups is 1. The van der Waals surface area contributed by atoms with E-state index in [4.69, 9.17) is 0 Å². The molecule has 130 valence electrons. The maximum atomic E-state index is 11.5. The molecule has 0 unspecified atom stereocenters. The average Bonchev–Trinajstić information content (AvgIpc) is 3.19. The number of aliphatic imine (C=N–C) groups is 1. The number of amides is 1. The lowest BCUT2D eigenvalue weighted by atomic mass is 9.89. The summed E-state index contributed by atoms with van der Waals surface area (Å²) in [5, 5.41) is 8.42. The molecule has 1 saturated heterocycles.